The maximum Gasteiger partial charge on any atom is 0.225 e. The van der Waals surface area contributed by atoms with Crippen LogP contribution in [-0.2, 0) is 4.79 Å². The Balaban J connectivity index is 2.05. The molecule has 3 nitrogen and oxygen atoms in total. The highest BCUT2D eigenvalue weighted by Crippen LogP contribution is 2.21. The monoisotopic (exact) mass is 268 g/mol. The lowest BCUT2D eigenvalue weighted by molar-refractivity contribution is -0.138. The highest BCUT2D eigenvalue weighted by Gasteiger charge is 2.26. The number of carbonyl (C=O) groups excluding carboxylic acids is 1. The van der Waals surface area contributed by atoms with Gasteiger partial charge in [-0.2, -0.15) is 0 Å². The van der Waals surface area contributed by atoms with Crippen molar-refractivity contribution in [2.24, 2.45) is 11.7 Å². The first-order valence-electron chi connectivity index (χ1n) is 6.48. The van der Waals surface area contributed by atoms with Gasteiger partial charge in [0.05, 0.1) is 0 Å². The molecular weight excluding hydrogens is 250 g/mol. The fourth-order valence-corrected chi connectivity index (χ4v) is 2.40. The van der Waals surface area contributed by atoms with Crippen molar-refractivity contribution in [1.82, 2.24) is 4.90 Å². The van der Waals surface area contributed by atoms with Crippen molar-refractivity contribution in [2.45, 2.75) is 25.8 Å². The number of nitrogens with zero attached hydrogens (tertiary/aromatic N) is 1. The third kappa shape index (κ3) is 3.10. The Morgan fingerprint density at radius 3 is 2.84 bits per heavy atom. The van der Waals surface area contributed by atoms with E-state index in [1.54, 1.807) is 4.90 Å². The number of hydrogen-bond donors (Lipinski definition) is 1. The maximum absolute atomic E-state index is 13.1. The molecule has 0 aromatic heterocycles. The van der Waals surface area contributed by atoms with Crippen molar-refractivity contribution < 1.29 is 13.6 Å². The van der Waals surface area contributed by atoms with Gasteiger partial charge in [0.25, 0.3) is 0 Å². The number of rotatable bonds is 3. The van der Waals surface area contributed by atoms with E-state index >= 15 is 0 Å². The summed E-state index contributed by atoms with van der Waals surface area (Å²) in [6.07, 6.45) is 1.85. The number of amides is 1. The average Bonchev–Trinajstić information content (AvgIpc) is 2.38. The minimum absolute atomic E-state index is 0.0194. The second kappa shape index (κ2) is 5.65. The molecule has 0 aliphatic carbocycles. The van der Waals surface area contributed by atoms with E-state index in [1.807, 2.05) is 6.92 Å². The zero-order valence-corrected chi connectivity index (χ0v) is 10.9. The topological polar surface area (TPSA) is 46.3 Å². The molecule has 1 aromatic carbocycles. The summed E-state index contributed by atoms with van der Waals surface area (Å²) in [5, 5.41) is 0. The standard InChI is InChI=1S/C14H18F2N2O/c1-9-3-2-6-18(14(9)19)8-13(17)10-4-5-11(15)12(16)7-10/h4-5,7,9,13H,2-3,6,8,17H2,1H3. The first-order chi connectivity index (χ1) is 8.99. The summed E-state index contributed by atoms with van der Waals surface area (Å²) >= 11 is 0. The molecule has 1 fully saturated rings. The van der Waals surface area contributed by atoms with Gasteiger partial charge in [-0.1, -0.05) is 13.0 Å². The molecule has 0 saturated carbocycles. The SMILES string of the molecule is CC1CCCN(CC(N)c2ccc(F)c(F)c2)C1=O. The van der Waals surface area contributed by atoms with Crippen LogP contribution in [0.25, 0.3) is 0 Å². The molecule has 5 heteroatoms. The molecule has 2 rings (SSSR count). The minimum atomic E-state index is -0.911. The van der Waals surface area contributed by atoms with E-state index in [0.29, 0.717) is 18.7 Å². The summed E-state index contributed by atoms with van der Waals surface area (Å²) in [6.45, 7) is 2.92. The molecule has 0 spiro atoms. The molecule has 0 bridgehead atoms. The quantitative estimate of drug-likeness (QED) is 0.913. The molecule has 1 aromatic rings. The minimum Gasteiger partial charge on any atom is -0.341 e. The summed E-state index contributed by atoms with van der Waals surface area (Å²) in [7, 11) is 0. The van der Waals surface area contributed by atoms with Gasteiger partial charge < -0.3 is 10.6 Å². The predicted molar refractivity (Wildman–Crippen MR) is 68.3 cm³/mol. The Kier molecular flexibility index (Phi) is 4.14. The molecule has 0 radical (unpaired) electrons. The molecule has 104 valence electrons. The van der Waals surface area contributed by atoms with Gasteiger partial charge in [0.1, 0.15) is 0 Å². The van der Waals surface area contributed by atoms with Gasteiger partial charge in [-0.3, -0.25) is 4.79 Å². The van der Waals surface area contributed by atoms with Gasteiger partial charge in [0.2, 0.25) is 5.91 Å². The molecule has 19 heavy (non-hydrogen) atoms. The first-order valence-corrected chi connectivity index (χ1v) is 6.48. The molecule has 1 saturated heterocycles. The summed E-state index contributed by atoms with van der Waals surface area (Å²) in [6, 6.07) is 3.12. The smallest absolute Gasteiger partial charge is 0.225 e. The van der Waals surface area contributed by atoms with Crippen LogP contribution in [0, 0.1) is 17.6 Å². The van der Waals surface area contributed by atoms with E-state index in [4.69, 9.17) is 5.73 Å². The fraction of sp³-hybridized carbons (Fsp3) is 0.500. The van der Waals surface area contributed by atoms with Crippen LogP contribution in [0.2, 0.25) is 0 Å². The Morgan fingerprint density at radius 1 is 1.42 bits per heavy atom. The Hall–Kier alpha value is -1.49. The highest BCUT2D eigenvalue weighted by atomic mass is 19.2. The predicted octanol–water partition coefficient (Wildman–Crippen LogP) is 2.22. The van der Waals surface area contributed by atoms with Crippen molar-refractivity contribution in [2.75, 3.05) is 13.1 Å². The molecule has 1 heterocycles. The van der Waals surface area contributed by atoms with Gasteiger partial charge >= 0.3 is 0 Å². The lowest BCUT2D eigenvalue weighted by Crippen LogP contribution is -2.43. The van der Waals surface area contributed by atoms with Crippen LogP contribution in [0.1, 0.15) is 31.4 Å². The molecule has 2 N–H and O–H groups in total. The fourth-order valence-electron chi connectivity index (χ4n) is 2.40. The van der Waals surface area contributed by atoms with E-state index in [2.05, 4.69) is 0 Å². The summed E-state index contributed by atoms with van der Waals surface area (Å²) < 4.78 is 26.0. The third-order valence-corrected chi connectivity index (χ3v) is 3.59. The van der Waals surface area contributed by atoms with E-state index in [9.17, 15) is 13.6 Å². The Labute approximate surface area is 111 Å². The van der Waals surface area contributed by atoms with Gasteiger partial charge in [-0.25, -0.2) is 8.78 Å². The lowest BCUT2D eigenvalue weighted by atomic mass is 9.98. The van der Waals surface area contributed by atoms with Gasteiger partial charge in [0.15, 0.2) is 11.6 Å². The summed E-state index contributed by atoms with van der Waals surface area (Å²) in [5.41, 5.74) is 6.47. The van der Waals surface area contributed by atoms with Crippen LogP contribution in [0.4, 0.5) is 8.78 Å². The van der Waals surface area contributed by atoms with Gasteiger partial charge in [0, 0.05) is 25.0 Å². The van der Waals surface area contributed by atoms with Gasteiger partial charge in [-0.05, 0) is 30.5 Å². The van der Waals surface area contributed by atoms with Crippen LogP contribution in [0.15, 0.2) is 18.2 Å². The van der Waals surface area contributed by atoms with Crippen molar-refractivity contribution in [3.05, 3.63) is 35.4 Å². The largest absolute Gasteiger partial charge is 0.341 e. The van der Waals surface area contributed by atoms with Crippen molar-refractivity contribution in [3.63, 3.8) is 0 Å². The summed E-state index contributed by atoms with van der Waals surface area (Å²) in [5.74, 6) is -1.69. The number of piperidine rings is 1. The zero-order valence-electron chi connectivity index (χ0n) is 10.9. The number of carbonyl (C=O) groups is 1. The molecular formula is C14H18F2N2O. The summed E-state index contributed by atoms with van der Waals surface area (Å²) in [4.78, 5) is 13.7. The lowest BCUT2D eigenvalue weighted by Gasteiger charge is -2.32. The normalized spacial score (nSPS) is 21.6. The highest BCUT2D eigenvalue weighted by molar-refractivity contribution is 5.79. The number of halogens is 2. The first kappa shape index (κ1) is 13.9. The van der Waals surface area contributed by atoms with Crippen molar-refractivity contribution >= 4 is 5.91 Å². The number of nitrogens with two attached hydrogens (primary N) is 1. The molecule has 2 atom stereocenters. The van der Waals surface area contributed by atoms with Crippen LogP contribution in [-0.4, -0.2) is 23.9 Å². The Morgan fingerprint density at radius 2 is 2.16 bits per heavy atom. The van der Waals surface area contributed by atoms with Crippen molar-refractivity contribution in [3.8, 4) is 0 Å². The molecule has 2 unspecified atom stereocenters. The van der Waals surface area contributed by atoms with Gasteiger partial charge in [-0.15, -0.1) is 0 Å². The molecule has 1 amide bonds. The van der Waals surface area contributed by atoms with Crippen molar-refractivity contribution in [1.29, 1.82) is 0 Å². The van der Waals surface area contributed by atoms with Crippen LogP contribution in [0.3, 0.4) is 0 Å². The zero-order chi connectivity index (χ0) is 14.0. The number of hydrogen-bond acceptors (Lipinski definition) is 2. The molecule has 1 aliphatic heterocycles. The number of likely N-dealkylation sites (tertiary alicyclic amines) is 1. The second-order valence-corrected chi connectivity index (χ2v) is 5.11. The van der Waals surface area contributed by atoms with Crippen LogP contribution >= 0.6 is 0 Å². The number of benzene rings is 1. The van der Waals surface area contributed by atoms with E-state index in [1.165, 1.54) is 6.07 Å². The van der Waals surface area contributed by atoms with Crippen LogP contribution < -0.4 is 5.73 Å². The Bertz CT molecular complexity index is 479. The molecule has 1 aliphatic rings. The third-order valence-electron chi connectivity index (χ3n) is 3.59. The van der Waals surface area contributed by atoms with E-state index in [0.717, 1.165) is 25.0 Å². The maximum atomic E-state index is 13.1. The van der Waals surface area contributed by atoms with E-state index < -0.39 is 17.7 Å². The van der Waals surface area contributed by atoms with Crippen LogP contribution in [0.5, 0.6) is 0 Å². The average molecular weight is 268 g/mol. The van der Waals surface area contributed by atoms with E-state index in [-0.39, 0.29) is 11.8 Å². The second-order valence-electron chi connectivity index (χ2n) is 5.11.